The molecule has 286 valence electrons. The van der Waals surface area contributed by atoms with E-state index in [1.54, 1.807) is 35.3 Å². The molecule has 0 atom stereocenters. The van der Waals surface area contributed by atoms with E-state index in [4.69, 9.17) is 28.7 Å². The summed E-state index contributed by atoms with van der Waals surface area (Å²) in [7, 11) is 0. The highest BCUT2D eigenvalue weighted by molar-refractivity contribution is 8.00. The number of nitrogen functional groups attached to an aromatic ring is 2. The van der Waals surface area contributed by atoms with Gasteiger partial charge in [0, 0.05) is 88.6 Å². The molecule has 3 aromatic rings. The number of hydrogen-bond donors (Lipinski definition) is 5. The van der Waals surface area contributed by atoms with E-state index in [0.717, 1.165) is 53.6 Å². The summed E-state index contributed by atoms with van der Waals surface area (Å²) in [5.41, 5.74) is 38.9. The molecular weight excluding hydrogens is 703 g/mol. The molecular formula is C42H63N5O2S3. The van der Waals surface area contributed by atoms with Crippen molar-refractivity contribution in [2.75, 3.05) is 48.4 Å². The summed E-state index contributed by atoms with van der Waals surface area (Å²) in [4.78, 5) is 31.1. The van der Waals surface area contributed by atoms with E-state index < -0.39 is 0 Å². The average molecular weight is 766 g/mol. The molecule has 0 aliphatic carbocycles. The highest BCUT2D eigenvalue weighted by Gasteiger charge is 2.25. The first-order valence-corrected chi connectivity index (χ1v) is 21.2. The van der Waals surface area contributed by atoms with Gasteiger partial charge in [-0.3, -0.25) is 9.59 Å². The normalized spacial score (nSPS) is 12.4. The maximum Gasteiger partial charge on any atom is 0.141 e. The first-order chi connectivity index (χ1) is 24.2. The number of thioether (sulfide) groups is 3. The zero-order chi connectivity index (χ0) is 39.0. The van der Waals surface area contributed by atoms with Crippen molar-refractivity contribution in [2.24, 2.45) is 17.2 Å². The van der Waals surface area contributed by atoms with Gasteiger partial charge in [0.25, 0.3) is 0 Å². The molecule has 0 spiro atoms. The van der Waals surface area contributed by atoms with Crippen LogP contribution in [-0.2, 0) is 51.5 Å². The average Bonchev–Trinajstić information content (AvgIpc) is 3.02. The van der Waals surface area contributed by atoms with Gasteiger partial charge in [0.2, 0.25) is 0 Å². The first-order valence-electron chi connectivity index (χ1n) is 18.2. The van der Waals surface area contributed by atoms with Gasteiger partial charge in [0.15, 0.2) is 0 Å². The molecule has 0 heterocycles. The Morgan fingerprint density at radius 3 is 0.981 bits per heavy atom. The monoisotopic (exact) mass is 765 g/mol. The fourth-order valence-electron chi connectivity index (χ4n) is 6.00. The van der Waals surface area contributed by atoms with Crippen molar-refractivity contribution >= 4 is 58.2 Å². The van der Waals surface area contributed by atoms with Crippen LogP contribution in [0.1, 0.15) is 101 Å². The van der Waals surface area contributed by atoms with Crippen LogP contribution >= 0.6 is 35.3 Å². The summed E-state index contributed by atoms with van der Waals surface area (Å²) in [6.45, 7) is 20.9. The van der Waals surface area contributed by atoms with Crippen LogP contribution in [0.25, 0.3) is 0 Å². The number of carbonyl (C=O) groups excluding carboxylic acids is 2. The van der Waals surface area contributed by atoms with Gasteiger partial charge in [-0.25, -0.2) is 0 Å². The Morgan fingerprint density at radius 2 is 0.712 bits per heavy atom. The van der Waals surface area contributed by atoms with Crippen molar-refractivity contribution in [1.29, 1.82) is 0 Å². The van der Waals surface area contributed by atoms with Crippen LogP contribution < -0.4 is 28.7 Å². The molecule has 0 saturated carbocycles. The summed E-state index contributed by atoms with van der Waals surface area (Å²) >= 11 is 4.84. The predicted molar refractivity (Wildman–Crippen MR) is 228 cm³/mol. The Labute approximate surface area is 326 Å². The van der Waals surface area contributed by atoms with E-state index >= 15 is 0 Å². The van der Waals surface area contributed by atoms with Crippen LogP contribution in [0, 0.1) is 0 Å². The molecule has 0 radical (unpaired) electrons. The topological polar surface area (TPSA) is 164 Å². The van der Waals surface area contributed by atoms with Crippen LogP contribution in [0.2, 0.25) is 0 Å². The summed E-state index contributed by atoms with van der Waals surface area (Å²) in [5, 5.41) is 0. The molecule has 52 heavy (non-hydrogen) atoms. The number of benzene rings is 3. The second-order valence-corrected chi connectivity index (χ2v) is 20.0. The smallest absolute Gasteiger partial charge is 0.141 e. The van der Waals surface area contributed by atoms with Gasteiger partial charge in [0.05, 0.1) is 0 Å². The molecule has 0 saturated heterocycles. The third-order valence-corrected chi connectivity index (χ3v) is 12.6. The zero-order valence-corrected chi connectivity index (χ0v) is 35.4. The van der Waals surface area contributed by atoms with E-state index in [9.17, 15) is 9.59 Å². The van der Waals surface area contributed by atoms with Crippen LogP contribution in [0.5, 0.6) is 0 Å². The summed E-state index contributed by atoms with van der Waals surface area (Å²) < 4.78 is 0. The lowest BCUT2D eigenvalue weighted by Gasteiger charge is -2.25. The number of nitrogens with two attached hydrogens (primary N) is 5. The third-order valence-electron chi connectivity index (χ3n) is 8.87. The Kier molecular flexibility index (Phi) is 15.8. The zero-order valence-electron chi connectivity index (χ0n) is 33.0. The van der Waals surface area contributed by atoms with Gasteiger partial charge in [-0.2, -0.15) is 0 Å². The lowest BCUT2D eigenvalue weighted by atomic mass is 9.83. The van der Waals surface area contributed by atoms with Crippen molar-refractivity contribution in [2.45, 2.75) is 119 Å². The highest BCUT2D eigenvalue weighted by Crippen LogP contribution is 2.38. The minimum Gasteiger partial charge on any atom is -0.398 e. The molecule has 0 aliphatic heterocycles. The van der Waals surface area contributed by atoms with Gasteiger partial charge < -0.3 is 28.7 Å². The van der Waals surface area contributed by atoms with Crippen molar-refractivity contribution in [3.8, 4) is 0 Å². The maximum absolute atomic E-state index is 14.1. The Balaban J connectivity index is 2.07. The quantitative estimate of drug-likeness (QED) is 0.0683. The van der Waals surface area contributed by atoms with Crippen LogP contribution in [0.15, 0.2) is 51.1 Å². The minimum absolute atomic E-state index is 0.0917. The fraction of sp³-hybridized carbons (Fsp3) is 0.524. The molecule has 0 bridgehead atoms. The number of ketones is 2. The first kappa shape index (κ1) is 43.9. The number of anilines is 2. The van der Waals surface area contributed by atoms with Crippen molar-refractivity contribution in [3.63, 3.8) is 0 Å². The molecule has 3 rings (SSSR count). The second-order valence-electron chi connectivity index (χ2n) is 16.7. The SMILES string of the molecule is CC(C)(C)c1cc(N)c(SCCN)c(CC(=O)Cc2cc(C(C)(C)C)cc(CC(=O)Cc3cc(C(C)(C)C)cc(N)c3SCCN)c2SCCN)c1. The molecule has 10 N–H and O–H groups in total. The molecule has 10 heteroatoms. The number of rotatable bonds is 17. The molecule has 0 amide bonds. The summed E-state index contributed by atoms with van der Waals surface area (Å²) in [5.74, 6) is 2.28. The van der Waals surface area contributed by atoms with E-state index in [1.165, 1.54) is 0 Å². The van der Waals surface area contributed by atoms with E-state index in [1.807, 2.05) is 12.1 Å². The molecule has 7 nitrogen and oxygen atoms in total. The van der Waals surface area contributed by atoms with Crippen molar-refractivity contribution in [3.05, 3.63) is 75.3 Å². The summed E-state index contributed by atoms with van der Waals surface area (Å²) in [6, 6.07) is 12.6. The largest absolute Gasteiger partial charge is 0.398 e. The number of Topliss-reactive ketones (excluding diaryl/α,β-unsaturated/α-hetero) is 2. The maximum atomic E-state index is 14.1. The highest BCUT2D eigenvalue weighted by atomic mass is 32.2. The Morgan fingerprint density at radius 1 is 0.462 bits per heavy atom. The molecule has 0 fully saturated rings. The third kappa shape index (κ3) is 12.3. The van der Waals surface area contributed by atoms with Crippen LogP contribution in [-0.4, -0.2) is 48.5 Å². The Bertz CT molecular complexity index is 1610. The van der Waals surface area contributed by atoms with Gasteiger partial charge in [-0.15, -0.1) is 35.3 Å². The minimum atomic E-state index is -0.199. The van der Waals surface area contributed by atoms with Gasteiger partial charge >= 0.3 is 0 Å². The van der Waals surface area contributed by atoms with Crippen molar-refractivity contribution in [1.82, 2.24) is 0 Å². The van der Waals surface area contributed by atoms with Gasteiger partial charge in [0.1, 0.15) is 11.6 Å². The van der Waals surface area contributed by atoms with Crippen LogP contribution in [0.4, 0.5) is 11.4 Å². The van der Waals surface area contributed by atoms with Gasteiger partial charge in [-0.05, 0) is 67.3 Å². The second kappa shape index (κ2) is 18.7. The molecule has 0 aromatic heterocycles. The van der Waals surface area contributed by atoms with E-state index in [2.05, 4.69) is 86.6 Å². The molecule has 0 aliphatic rings. The standard InChI is InChI=1S/C42H63N5O2S3/c1-40(2,3)30-16-26(20-33(48)22-28-18-31(41(4,5)6)24-35(46)38(28)51-14-11-44)37(50-13-10-43)27(17-30)21-34(49)23-29-19-32(42(7,8)9)25-36(47)39(29)52-15-12-45/h16-19,24-25H,10-15,20-23,43-47H2,1-9H3. The molecule has 0 unspecified atom stereocenters. The lowest BCUT2D eigenvalue weighted by Crippen LogP contribution is -2.18. The number of hydrogen-bond acceptors (Lipinski definition) is 10. The lowest BCUT2D eigenvalue weighted by molar-refractivity contribution is -0.118. The van der Waals surface area contributed by atoms with Crippen molar-refractivity contribution < 1.29 is 9.59 Å². The van der Waals surface area contributed by atoms with Crippen LogP contribution in [0.3, 0.4) is 0 Å². The predicted octanol–water partition coefficient (Wildman–Crippen LogP) is 7.60. The summed E-state index contributed by atoms with van der Waals surface area (Å²) in [6.07, 6.45) is 0.987. The Hall–Kier alpha value is -2.47. The van der Waals surface area contributed by atoms with E-state index in [0.29, 0.717) is 48.3 Å². The van der Waals surface area contributed by atoms with E-state index in [-0.39, 0.29) is 53.5 Å². The fourth-order valence-corrected chi connectivity index (χ4v) is 8.68. The van der Waals surface area contributed by atoms with Gasteiger partial charge in [-0.1, -0.05) is 86.6 Å². The number of carbonyl (C=O) groups is 2. The molecule has 3 aromatic carbocycles.